The minimum Gasteiger partial charge on any atom is -0.494 e. The molecule has 0 heterocycles. The van der Waals surface area contributed by atoms with E-state index in [9.17, 15) is 0 Å². The van der Waals surface area contributed by atoms with Crippen LogP contribution in [0.3, 0.4) is 0 Å². The smallest absolute Gasteiger partial charge is 0.119 e. The van der Waals surface area contributed by atoms with Crippen LogP contribution in [0.1, 0.15) is 137 Å². The van der Waals surface area contributed by atoms with Crippen LogP contribution in [-0.2, 0) is 20.8 Å². The van der Waals surface area contributed by atoms with Crippen LogP contribution < -0.4 is 24.3 Å². The second-order valence-corrected chi connectivity index (χ2v) is 39.0. The van der Waals surface area contributed by atoms with Gasteiger partial charge in [-0.2, -0.15) is 0 Å². The van der Waals surface area contributed by atoms with E-state index < -0.39 is 0 Å². The molecule has 0 spiro atoms. The van der Waals surface area contributed by atoms with Gasteiger partial charge in [0.2, 0.25) is 0 Å². The van der Waals surface area contributed by atoms with Crippen LogP contribution in [-0.4, -0.2) is 39.1 Å². The molecule has 8 nitrogen and oxygen atoms in total. The van der Waals surface area contributed by atoms with Gasteiger partial charge in [-0.15, -0.1) is 6.58 Å². The molecule has 0 aliphatic heterocycles. The number of allylic oxidation sites excluding steroid dienone is 12. The third-order valence-corrected chi connectivity index (χ3v) is 29.1. The number of rotatable bonds is 39. The molecule has 2 fully saturated rings. The topological polar surface area (TPSA) is 49.9 Å². The standard InChI is InChI=1S/C132H124N4O4/c1-7-97-35-70-123(71-36-97)139-89-23-22-88-138-95-99-37-74-129(96(3)91-99)136(115-31-19-12-20-32-115)120-66-56-107(57-67-120)109-77-85-132(6,86-78-109)131(5)83-75-108(76-84-131)106-54-64-119(65-55-106)135(114-29-17-11-18-30-114)122-69-73-126(128(93-122)111-48-49-111)125-72-68-121(92-127(125)110-46-47-110)134(113-27-15-10-16-28-113)118-62-52-105(53-63-118)103-44-40-101(41-45-103)100-38-42-102(43-39-100)104-50-60-117(61-51-104)133(112-25-13-9-14-26-112)116-58-33-98(34-59-116)94-137-87-21-24-90-140-124-79-81-130(4,8-2)82-80-124/h7-20,25-45,50-81,83,85,91-93,110-111,129H,1-3,21-24,46-49,82,84,86-90,94-95H2,4-6H3. The molecule has 0 bridgehead atoms. The largest absolute Gasteiger partial charge is 0.494 e. The molecule has 8 heteroatoms. The van der Waals surface area contributed by atoms with E-state index >= 15 is 0 Å². The second-order valence-electron chi connectivity index (χ2n) is 39.0. The van der Waals surface area contributed by atoms with E-state index in [0.717, 1.165) is 130 Å². The lowest BCUT2D eigenvalue weighted by atomic mass is 9.59. The van der Waals surface area contributed by atoms with Crippen LogP contribution in [0.25, 0.3) is 61.7 Å². The number of nitrogens with zero attached hydrogens (tertiary/aromatic N) is 4. The summed E-state index contributed by atoms with van der Waals surface area (Å²) >= 11 is 0. The van der Waals surface area contributed by atoms with Crippen molar-refractivity contribution in [3.63, 3.8) is 0 Å². The van der Waals surface area contributed by atoms with Crippen LogP contribution >= 0.6 is 0 Å². The average Bonchev–Trinajstić information content (AvgIpc) is 1.64. The summed E-state index contributed by atoms with van der Waals surface area (Å²) in [5.41, 5.74) is 34.2. The lowest BCUT2D eigenvalue weighted by Gasteiger charge is -2.45. The quantitative estimate of drug-likeness (QED) is 0.0279. The molecule has 0 N–H and O–H groups in total. The maximum Gasteiger partial charge on any atom is 0.119 e. The van der Waals surface area contributed by atoms with E-state index in [1.54, 1.807) is 0 Å². The Bertz CT molecular complexity index is 6950. The first-order chi connectivity index (χ1) is 68.7. The number of hydrogen-bond donors (Lipinski definition) is 0. The molecule has 2 saturated carbocycles. The third-order valence-electron chi connectivity index (χ3n) is 29.1. The normalized spacial score (nSPS) is 18.1. The fourth-order valence-corrected chi connectivity index (χ4v) is 20.0. The molecule has 0 amide bonds. The lowest BCUT2D eigenvalue weighted by Crippen LogP contribution is -2.35. The molecule has 14 aromatic rings. The molecule has 20 rings (SSSR count). The zero-order valence-corrected chi connectivity index (χ0v) is 80.9. The van der Waals surface area contributed by atoms with Crippen LogP contribution in [0.5, 0.6) is 5.75 Å². The number of para-hydroxylation sites is 4. The Morgan fingerprint density at radius 3 is 1.11 bits per heavy atom. The van der Waals surface area contributed by atoms with Gasteiger partial charge in [0.05, 0.1) is 32.5 Å². The molecule has 6 aliphatic carbocycles. The molecule has 140 heavy (non-hydrogen) atoms. The molecule has 4 atom stereocenters. The van der Waals surface area contributed by atoms with E-state index in [-0.39, 0.29) is 22.3 Å². The van der Waals surface area contributed by atoms with Crippen molar-refractivity contribution in [2.24, 2.45) is 16.2 Å². The number of hydrogen-bond acceptors (Lipinski definition) is 8. The molecular weight excluding hydrogens is 1710 g/mol. The molecule has 696 valence electrons. The van der Waals surface area contributed by atoms with Crippen molar-refractivity contribution in [3.8, 4) is 50.3 Å². The number of benzene rings is 14. The predicted octanol–water partition coefficient (Wildman–Crippen LogP) is 35.3. The van der Waals surface area contributed by atoms with Gasteiger partial charge < -0.3 is 38.5 Å². The summed E-state index contributed by atoms with van der Waals surface area (Å²) in [6.45, 7) is 23.3. The Morgan fingerprint density at radius 1 is 0.343 bits per heavy atom. The van der Waals surface area contributed by atoms with E-state index in [2.05, 4.69) is 461 Å². The fraction of sp³-hybridized carbons (Fsp3) is 0.197. The monoisotopic (exact) mass is 1830 g/mol. The van der Waals surface area contributed by atoms with E-state index in [0.29, 0.717) is 51.5 Å². The fourth-order valence-electron chi connectivity index (χ4n) is 20.0. The van der Waals surface area contributed by atoms with Crippen molar-refractivity contribution in [1.82, 2.24) is 0 Å². The first kappa shape index (κ1) is 92.6. The SMILES string of the molecule is C=Cc1ccc(OCCCCOCC2=CC(=C)C(N(c3ccccc3)c3ccc(C4=CCC(C)(C5(C)C=CC(c6ccc(N(c7ccccc7)c7ccc(-c8ccc(N(c9ccccc9)c9ccc(-c%10ccc(-c%11ccc(-c%12ccc(N(c%13ccccc%13)c%13ccc(COCCCCOC%14=CCC(C)(C=C)C=C%14)cc%13)cc%12)cc%11)cc%10)cc9)cc8C8CC8)c(C8CC8)c7)cc6)=CC5)C=C4)cc3)C=C2)cc1. The maximum absolute atomic E-state index is 6.16. The third kappa shape index (κ3) is 21.4. The summed E-state index contributed by atoms with van der Waals surface area (Å²) < 4.78 is 24.2. The highest BCUT2D eigenvalue weighted by atomic mass is 16.5. The second kappa shape index (κ2) is 42.5. The summed E-state index contributed by atoms with van der Waals surface area (Å²) in [5, 5.41) is 0. The molecule has 0 aromatic heterocycles. The zero-order valence-electron chi connectivity index (χ0n) is 80.9. The predicted molar refractivity (Wildman–Crippen MR) is 588 cm³/mol. The summed E-state index contributed by atoms with van der Waals surface area (Å²) in [5.74, 6) is 2.84. The van der Waals surface area contributed by atoms with Crippen molar-refractivity contribution in [2.75, 3.05) is 52.6 Å². The molecule has 4 unspecified atom stereocenters. The van der Waals surface area contributed by atoms with Gasteiger partial charge in [0.1, 0.15) is 11.5 Å². The van der Waals surface area contributed by atoms with Crippen molar-refractivity contribution >= 4 is 79.8 Å². The van der Waals surface area contributed by atoms with Crippen molar-refractivity contribution in [1.29, 1.82) is 0 Å². The highest BCUT2D eigenvalue weighted by molar-refractivity contribution is 5.88. The zero-order chi connectivity index (χ0) is 95.2. The summed E-state index contributed by atoms with van der Waals surface area (Å²) in [6.07, 6.45) is 42.9. The Hall–Kier alpha value is -15.1. The van der Waals surface area contributed by atoms with Crippen LogP contribution in [0.2, 0.25) is 0 Å². The van der Waals surface area contributed by atoms with E-state index in [1.807, 2.05) is 36.4 Å². The number of ether oxygens (including phenoxy) is 4. The summed E-state index contributed by atoms with van der Waals surface area (Å²) in [6, 6.07) is 129. The molecule has 0 radical (unpaired) electrons. The van der Waals surface area contributed by atoms with Gasteiger partial charge in [0, 0.05) is 81.2 Å². The average molecular weight is 1830 g/mol. The van der Waals surface area contributed by atoms with Crippen molar-refractivity contribution in [3.05, 3.63) is 501 Å². The maximum atomic E-state index is 6.16. The lowest BCUT2D eigenvalue weighted by molar-refractivity contribution is 0.110. The minimum atomic E-state index is -0.0794. The van der Waals surface area contributed by atoms with E-state index in [4.69, 9.17) is 18.9 Å². The van der Waals surface area contributed by atoms with Gasteiger partial charge in [-0.05, 0) is 351 Å². The molecule has 6 aliphatic rings. The molecule has 14 aromatic carbocycles. The van der Waals surface area contributed by atoms with Gasteiger partial charge in [0.25, 0.3) is 0 Å². The Labute approximate surface area is 829 Å². The van der Waals surface area contributed by atoms with Gasteiger partial charge in [-0.3, -0.25) is 0 Å². The Balaban J connectivity index is 0.465. The highest BCUT2D eigenvalue weighted by Gasteiger charge is 2.42. The van der Waals surface area contributed by atoms with Crippen LogP contribution in [0.15, 0.2) is 467 Å². The first-order valence-corrected chi connectivity index (χ1v) is 50.2. The summed E-state index contributed by atoms with van der Waals surface area (Å²) in [7, 11) is 0. The minimum absolute atomic E-state index is 0.0161. The van der Waals surface area contributed by atoms with Gasteiger partial charge >= 0.3 is 0 Å². The number of unbranched alkanes of at least 4 members (excludes halogenated alkanes) is 2. The Kier molecular flexibility index (Phi) is 28.1. The first-order valence-electron chi connectivity index (χ1n) is 50.2. The van der Waals surface area contributed by atoms with Gasteiger partial charge in [0.15, 0.2) is 0 Å². The van der Waals surface area contributed by atoms with Gasteiger partial charge in [-0.25, -0.2) is 0 Å². The molecular formula is C132H124N4O4. The van der Waals surface area contributed by atoms with Crippen molar-refractivity contribution in [2.45, 2.75) is 116 Å². The Morgan fingerprint density at radius 2 is 0.714 bits per heavy atom. The van der Waals surface area contributed by atoms with Crippen molar-refractivity contribution < 1.29 is 18.9 Å². The number of anilines is 11. The van der Waals surface area contributed by atoms with Crippen LogP contribution in [0.4, 0.5) is 62.6 Å². The van der Waals surface area contributed by atoms with Crippen LogP contribution in [0, 0.1) is 16.2 Å². The molecule has 0 saturated heterocycles. The van der Waals surface area contributed by atoms with E-state index in [1.165, 1.54) is 115 Å². The highest BCUT2D eigenvalue weighted by Crippen LogP contribution is 2.56. The van der Waals surface area contributed by atoms with Gasteiger partial charge in [-0.1, -0.05) is 313 Å². The summed E-state index contributed by atoms with van der Waals surface area (Å²) in [4.78, 5) is 9.59.